The van der Waals surface area contributed by atoms with Crippen LogP contribution in [0.25, 0.3) is 0 Å². The summed E-state index contributed by atoms with van der Waals surface area (Å²) in [5.74, 6) is 1.02. The minimum atomic E-state index is -0.381. The number of benzene rings is 1. The van der Waals surface area contributed by atoms with Gasteiger partial charge in [-0.05, 0) is 30.0 Å². The van der Waals surface area contributed by atoms with E-state index >= 15 is 0 Å². The number of likely N-dealkylation sites (tertiary alicyclic amines) is 1. The lowest BCUT2D eigenvalue weighted by atomic mass is 9.93. The van der Waals surface area contributed by atoms with Crippen LogP contribution < -0.4 is 5.32 Å². The van der Waals surface area contributed by atoms with Gasteiger partial charge in [0.1, 0.15) is 5.82 Å². The maximum absolute atomic E-state index is 13.5. The van der Waals surface area contributed by atoms with E-state index in [9.17, 15) is 9.50 Å². The molecular formula is C19H27FIN5O. The zero-order valence-corrected chi connectivity index (χ0v) is 18.0. The number of aromatic nitrogens is 2. The van der Waals surface area contributed by atoms with Crippen molar-refractivity contribution in [3.05, 3.63) is 53.9 Å². The molecule has 3 rings (SSSR count). The summed E-state index contributed by atoms with van der Waals surface area (Å²) in [6.45, 7) is 4.31. The SMILES string of the molecule is CN=C(NCc1ccc(F)c(CO)c1)N1CCC(C)C(n2ccnc2)C1.I. The molecule has 2 aromatic rings. The van der Waals surface area contributed by atoms with Crippen LogP contribution in [0.3, 0.4) is 0 Å². The van der Waals surface area contributed by atoms with Crippen LogP contribution in [0.15, 0.2) is 41.9 Å². The molecule has 1 aliphatic heterocycles. The van der Waals surface area contributed by atoms with Gasteiger partial charge in [-0.25, -0.2) is 9.37 Å². The van der Waals surface area contributed by atoms with Crippen LogP contribution in [-0.4, -0.2) is 45.7 Å². The molecule has 148 valence electrons. The van der Waals surface area contributed by atoms with Gasteiger partial charge in [-0.1, -0.05) is 13.0 Å². The maximum atomic E-state index is 13.5. The van der Waals surface area contributed by atoms with Crippen molar-refractivity contribution in [2.24, 2.45) is 10.9 Å². The van der Waals surface area contributed by atoms with Crippen molar-refractivity contribution in [3.8, 4) is 0 Å². The average molecular weight is 487 g/mol. The van der Waals surface area contributed by atoms with Gasteiger partial charge < -0.3 is 19.9 Å². The Bertz CT molecular complexity index is 753. The standard InChI is InChI=1S/C19H26FN5O.HI/c1-14-5-7-24(11-18(14)25-8-6-22-13-25)19(21-2)23-10-15-3-4-17(20)16(9-15)12-26;/h3-4,6,8-9,13-14,18,26H,5,7,10-12H2,1-2H3,(H,21,23);1H. The Hall–Kier alpha value is -1.68. The number of hydrogen-bond donors (Lipinski definition) is 2. The molecule has 2 N–H and O–H groups in total. The second kappa shape index (κ2) is 10.0. The van der Waals surface area contributed by atoms with E-state index in [0.29, 0.717) is 24.1 Å². The molecule has 0 spiro atoms. The first-order valence-electron chi connectivity index (χ1n) is 8.93. The first kappa shape index (κ1) is 21.6. The number of halogens is 2. The van der Waals surface area contributed by atoms with Crippen molar-refractivity contribution in [1.29, 1.82) is 0 Å². The smallest absolute Gasteiger partial charge is 0.193 e. The molecule has 2 atom stereocenters. The molecule has 27 heavy (non-hydrogen) atoms. The van der Waals surface area contributed by atoms with Crippen molar-refractivity contribution < 1.29 is 9.50 Å². The molecular weight excluding hydrogens is 460 g/mol. The Kier molecular flexibility index (Phi) is 8.03. The van der Waals surface area contributed by atoms with Crippen molar-refractivity contribution >= 4 is 29.9 Å². The van der Waals surface area contributed by atoms with E-state index in [1.807, 2.05) is 18.7 Å². The predicted molar refractivity (Wildman–Crippen MR) is 115 cm³/mol. The summed E-state index contributed by atoms with van der Waals surface area (Å²) in [5, 5.41) is 12.6. The van der Waals surface area contributed by atoms with Crippen LogP contribution in [0.1, 0.15) is 30.5 Å². The Morgan fingerprint density at radius 2 is 2.26 bits per heavy atom. The number of piperidine rings is 1. The molecule has 0 bridgehead atoms. The van der Waals surface area contributed by atoms with Crippen molar-refractivity contribution in [1.82, 2.24) is 19.8 Å². The Morgan fingerprint density at radius 1 is 1.44 bits per heavy atom. The first-order chi connectivity index (χ1) is 12.6. The van der Waals surface area contributed by atoms with Gasteiger partial charge in [-0.3, -0.25) is 4.99 Å². The highest BCUT2D eigenvalue weighted by Crippen LogP contribution is 2.27. The van der Waals surface area contributed by atoms with Gasteiger partial charge in [0.15, 0.2) is 5.96 Å². The fraction of sp³-hybridized carbons (Fsp3) is 0.474. The fourth-order valence-corrected chi connectivity index (χ4v) is 3.47. The van der Waals surface area contributed by atoms with E-state index in [-0.39, 0.29) is 36.4 Å². The quantitative estimate of drug-likeness (QED) is 0.396. The minimum Gasteiger partial charge on any atom is -0.392 e. The van der Waals surface area contributed by atoms with Crippen molar-refractivity contribution in [2.75, 3.05) is 20.1 Å². The molecule has 0 radical (unpaired) electrons. The summed E-state index contributed by atoms with van der Waals surface area (Å²) < 4.78 is 15.7. The van der Waals surface area contributed by atoms with Crippen molar-refractivity contribution in [3.63, 3.8) is 0 Å². The van der Waals surface area contributed by atoms with E-state index in [1.165, 1.54) is 6.07 Å². The number of aliphatic imine (C=N–C) groups is 1. The monoisotopic (exact) mass is 487 g/mol. The van der Waals surface area contributed by atoms with Gasteiger partial charge in [0.2, 0.25) is 0 Å². The van der Waals surface area contributed by atoms with E-state index < -0.39 is 0 Å². The van der Waals surface area contributed by atoms with E-state index in [4.69, 9.17) is 0 Å². The molecule has 6 nitrogen and oxygen atoms in total. The second-order valence-electron chi connectivity index (χ2n) is 6.77. The van der Waals surface area contributed by atoms with Gasteiger partial charge in [-0.15, -0.1) is 24.0 Å². The van der Waals surface area contributed by atoms with Crippen LogP contribution in [0.2, 0.25) is 0 Å². The van der Waals surface area contributed by atoms with Crippen LogP contribution in [0.4, 0.5) is 4.39 Å². The van der Waals surface area contributed by atoms with Crippen LogP contribution in [0, 0.1) is 11.7 Å². The summed E-state index contributed by atoms with van der Waals surface area (Å²) in [6.07, 6.45) is 6.77. The van der Waals surface area contributed by atoms with Crippen LogP contribution in [-0.2, 0) is 13.2 Å². The van der Waals surface area contributed by atoms with Gasteiger partial charge in [0.25, 0.3) is 0 Å². The van der Waals surface area contributed by atoms with Crippen LogP contribution in [0.5, 0.6) is 0 Å². The van der Waals surface area contributed by atoms with E-state index in [2.05, 4.69) is 31.7 Å². The number of imidazole rings is 1. The van der Waals surface area contributed by atoms with Crippen molar-refractivity contribution in [2.45, 2.75) is 32.5 Å². The Labute approximate surface area is 176 Å². The highest BCUT2D eigenvalue weighted by atomic mass is 127. The number of hydrogen-bond acceptors (Lipinski definition) is 3. The molecule has 0 saturated carbocycles. The molecule has 1 saturated heterocycles. The van der Waals surface area contributed by atoms with E-state index in [0.717, 1.165) is 31.0 Å². The summed E-state index contributed by atoms with van der Waals surface area (Å²) in [4.78, 5) is 10.8. The third-order valence-electron chi connectivity index (χ3n) is 5.07. The molecule has 2 heterocycles. The predicted octanol–water partition coefficient (Wildman–Crippen LogP) is 2.79. The average Bonchev–Trinajstić information content (AvgIpc) is 3.19. The molecule has 2 unspecified atom stereocenters. The number of nitrogens with one attached hydrogen (secondary N) is 1. The van der Waals surface area contributed by atoms with E-state index in [1.54, 1.807) is 19.2 Å². The third kappa shape index (κ3) is 5.19. The van der Waals surface area contributed by atoms with Gasteiger partial charge >= 0.3 is 0 Å². The third-order valence-corrected chi connectivity index (χ3v) is 5.07. The normalized spacial score (nSPS) is 20.3. The second-order valence-corrected chi connectivity index (χ2v) is 6.77. The maximum Gasteiger partial charge on any atom is 0.193 e. The first-order valence-corrected chi connectivity index (χ1v) is 8.93. The minimum absolute atomic E-state index is 0. The summed E-state index contributed by atoms with van der Waals surface area (Å²) in [5.41, 5.74) is 1.22. The molecule has 1 fully saturated rings. The topological polar surface area (TPSA) is 65.7 Å². The number of guanidine groups is 1. The molecule has 8 heteroatoms. The largest absolute Gasteiger partial charge is 0.392 e. The number of rotatable bonds is 4. The summed E-state index contributed by atoms with van der Waals surface area (Å²) >= 11 is 0. The van der Waals surface area contributed by atoms with Gasteiger partial charge in [-0.2, -0.15) is 0 Å². The van der Waals surface area contributed by atoms with Crippen LogP contribution >= 0.6 is 24.0 Å². The lowest BCUT2D eigenvalue weighted by Gasteiger charge is -2.39. The fourth-order valence-electron chi connectivity index (χ4n) is 3.47. The zero-order valence-electron chi connectivity index (χ0n) is 15.7. The Morgan fingerprint density at radius 3 is 2.93 bits per heavy atom. The molecule has 1 aliphatic rings. The highest BCUT2D eigenvalue weighted by Gasteiger charge is 2.28. The molecule has 0 aliphatic carbocycles. The molecule has 0 amide bonds. The van der Waals surface area contributed by atoms with Gasteiger partial charge in [0.05, 0.1) is 19.0 Å². The Balaban J connectivity index is 0.00000261. The summed E-state index contributed by atoms with van der Waals surface area (Å²) in [7, 11) is 1.77. The summed E-state index contributed by atoms with van der Waals surface area (Å²) in [6, 6.07) is 5.16. The highest BCUT2D eigenvalue weighted by molar-refractivity contribution is 14.0. The zero-order chi connectivity index (χ0) is 18.5. The number of aliphatic hydroxyl groups is 1. The van der Waals surface area contributed by atoms with Gasteiger partial charge in [0, 0.05) is 44.6 Å². The lowest BCUT2D eigenvalue weighted by Crippen LogP contribution is -2.48. The molecule has 1 aromatic heterocycles. The number of aliphatic hydroxyl groups excluding tert-OH is 1. The number of nitrogens with zero attached hydrogens (tertiary/aromatic N) is 4. The molecule has 1 aromatic carbocycles. The lowest BCUT2D eigenvalue weighted by molar-refractivity contribution is 0.189.